The molecule has 0 amide bonds. The van der Waals surface area contributed by atoms with Gasteiger partial charge in [0.25, 0.3) is 0 Å². The largest absolute Gasteiger partial charge is 0.487 e. The first-order valence-corrected chi connectivity index (χ1v) is 7.54. The van der Waals surface area contributed by atoms with Gasteiger partial charge >= 0.3 is 5.97 Å². The number of hydrogen-bond acceptors (Lipinski definition) is 5. The van der Waals surface area contributed by atoms with Crippen molar-refractivity contribution in [1.29, 1.82) is 0 Å². The molecule has 21 heavy (non-hydrogen) atoms. The Hall–Kier alpha value is -1.75. The van der Waals surface area contributed by atoms with Gasteiger partial charge in [-0.15, -0.1) is 0 Å². The van der Waals surface area contributed by atoms with Crippen LogP contribution in [-0.4, -0.2) is 31.8 Å². The molecule has 0 bridgehead atoms. The number of nitrogens with zero attached hydrogens (tertiary/aromatic N) is 1. The third kappa shape index (κ3) is 4.11. The standard InChI is InChI=1S/C16H24N2O3/c1-3-4-7-20-16(19)11-18-10-12(2)21-15-8-13(9-17)5-6-14(15)18/h5-6,8,12H,3-4,7,9-11,17H2,1-2H3. The van der Waals surface area contributed by atoms with E-state index in [-0.39, 0.29) is 18.6 Å². The number of carbonyl (C=O) groups is 1. The summed E-state index contributed by atoms with van der Waals surface area (Å²) in [5.41, 5.74) is 7.61. The quantitative estimate of drug-likeness (QED) is 0.642. The summed E-state index contributed by atoms with van der Waals surface area (Å²) >= 11 is 0. The first-order valence-electron chi connectivity index (χ1n) is 7.54. The molecular formula is C16H24N2O3. The zero-order valence-electron chi connectivity index (χ0n) is 12.8. The van der Waals surface area contributed by atoms with E-state index < -0.39 is 0 Å². The van der Waals surface area contributed by atoms with Crippen molar-refractivity contribution < 1.29 is 14.3 Å². The highest BCUT2D eigenvalue weighted by molar-refractivity contribution is 5.77. The van der Waals surface area contributed by atoms with Crippen molar-refractivity contribution in [3.05, 3.63) is 23.8 Å². The van der Waals surface area contributed by atoms with Crippen molar-refractivity contribution in [2.45, 2.75) is 39.3 Å². The minimum Gasteiger partial charge on any atom is -0.487 e. The second kappa shape index (κ2) is 7.31. The van der Waals surface area contributed by atoms with Crippen LogP contribution in [0.5, 0.6) is 5.75 Å². The molecule has 1 aromatic carbocycles. The first-order chi connectivity index (χ1) is 10.1. The van der Waals surface area contributed by atoms with Crippen molar-refractivity contribution in [3.63, 3.8) is 0 Å². The maximum Gasteiger partial charge on any atom is 0.325 e. The molecule has 1 aromatic rings. The number of ether oxygens (including phenoxy) is 2. The van der Waals surface area contributed by atoms with Crippen LogP contribution in [0.15, 0.2) is 18.2 Å². The zero-order valence-corrected chi connectivity index (χ0v) is 12.8. The fourth-order valence-electron chi connectivity index (χ4n) is 2.39. The molecule has 0 saturated heterocycles. The van der Waals surface area contributed by atoms with Crippen molar-refractivity contribution in [2.75, 3.05) is 24.6 Å². The SMILES string of the molecule is CCCCOC(=O)CN1CC(C)Oc2cc(CN)ccc21. The number of fused-ring (bicyclic) bond motifs is 1. The second-order valence-corrected chi connectivity index (χ2v) is 5.39. The van der Waals surface area contributed by atoms with Crippen LogP contribution in [0.2, 0.25) is 0 Å². The lowest BCUT2D eigenvalue weighted by atomic mass is 10.1. The minimum absolute atomic E-state index is 0.0361. The van der Waals surface area contributed by atoms with Crippen molar-refractivity contribution in [2.24, 2.45) is 5.73 Å². The Balaban J connectivity index is 2.06. The maximum atomic E-state index is 11.9. The Morgan fingerprint density at radius 1 is 1.52 bits per heavy atom. The van der Waals surface area contributed by atoms with Crippen LogP contribution < -0.4 is 15.4 Å². The average molecular weight is 292 g/mol. The Bertz CT molecular complexity index is 490. The highest BCUT2D eigenvalue weighted by Gasteiger charge is 2.25. The van der Waals surface area contributed by atoms with E-state index in [1.807, 2.05) is 30.0 Å². The Kier molecular flexibility index (Phi) is 5.44. The molecule has 0 radical (unpaired) electrons. The maximum absolute atomic E-state index is 11.9. The van der Waals surface area contributed by atoms with E-state index in [1.54, 1.807) is 0 Å². The Labute approximate surface area is 126 Å². The normalized spacial score (nSPS) is 17.1. The summed E-state index contributed by atoms with van der Waals surface area (Å²) < 4.78 is 11.1. The van der Waals surface area contributed by atoms with Crippen LogP contribution in [0.25, 0.3) is 0 Å². The van der Waals surface area contributed by atoms with Gasteiger partial charge in [-0.05, 0) is 31.0 Å². The van der Waals surface area contributed by atoms with Crippen LogP contribution in [0, 0.1) is 0 Å². The molecule has 5 nitrogen and oxygen atoms in total. The summed E-state index contributed by atoms with van der Waals surface area (Å²) in [6, 6.07) is 5.87. The van der Waals surface area contributed by atoms with Crippen LogP contribution in [-0.2, 0) is 16.1 Å². The van der Waals surface area contributed by atoms with Gasteiger partial charge in [-0.1, -0.05) is 19.4 Å². The molecule has 1 unspecified atom stereocenters. The van der Waals surface area contributed by atoms with Crippen molar-refractivity contribution >= 4 is 11.7 Å². The van der Waals surface area contributed by atoms with E-state index in [0.717, 1.165) is 29.8 Å². The number of rotatable bonds is 6. The Morgan fingerprint density at radius 3 is 3.05 bits per heavy atom. The van der Waals surface area contributed by atoms with Gasteiger partial charge in [0, 0.05) is 6.54 Å². The predicted molar refractivity (Wildman–Crippen MR) is 82.5 cm³/mol. The van der Waals surface area contributed by atoms with Gasteiger partial charge in [0.1, 0.15) is 18.4 Å². The second-order valence-electron chi connectivity index (χ2n) is 5.39. The number of carbonyl (C=O) groups excluding carboxylic acids is 1. The smallest absolute Gasteiger partial charge is 0.325 e. The van der Waals surface area contributed by atoms with Gasteiger partial charge in [-0.25, -0.2) is 0 Å². The minimum atomic E-state index is -0.189. The third-order valence-electron chi connectivity index (χ3n) is 3.49. The molecule has 0 aromatic heterocycles. The molecule has 2 rings (SSSR count). The zero-order chi connectivity index (χ0) is 15.2. The van der Waals surface area contributed by atoms with E-state index in [9.17, 15) is 4.79 Å². The summed E-state index contributed by atoms with van der Waals surface area (Å²) in [6.45, 7) is 5.97. The van der Waals surface area contributed by atoms with Gasteiger partial charge in [0.15, 0.2) is 0 Å². The molecule has 0 spiro atoms. The Morgan fingerprint density at radius 2 is 2.33 bits per heavy atom. The first kappa shape index (κ1) is 15.6. The molecule has 5 heteroatoms. The van der Waals surface area contributed by atoms with E-state index in [0.29, 0.717) is 19.7 Å². The van der Waals surface area contributed by atoms with E-state index in [4.69, 9.17) is 15.2 Å². The van der Waals surface area contributed by atoms with Gasteiger partial charge in [0.2, 0.25) is 0 Å². The molecule has 1 atom stereocenters. The average Bonchev–Trinajstić information content (AvgIpc) is 2.46. The number of benzene rings is 1. The van der Waals surface area contributed by atoms with E-state index in [1.165, 1.54) is 0 Å². The van der Waals surface area contributed by atoms with Gasteiger partial charge in [-0.3, -0.25) is 4.79 Å². The summed E-state index contributed by atoms with van der Waals surface area (Å²) in [5, 5.41) is 0. The molecule has 0 aliphatic carbocycles. The molecule has 2 N–H and O–H groups in total. The monoisotopic (exact) mass is 292 g/mol. The number of nitrogens with two attached hydrogens (primary N) is 1. The lowest BCUT2D eigenvalue weighted by Crippen LogP contribution is -2.41. The van der Waals surface area contributed by atoms with Crippen LogP contribution in [0.4, 0.5) is 5.69 Å². The lowest BCUT2D eigenvalue weighted by Gasteiger charge is -2.34. The summed E-state index contributed by atoms with van der Waals surface area (Å²) in [7, 11) is 0. The topological polar surface area (TPSA) is 64.8 Å². The van der Waals surface area contributed by atoms with Gasteiger partial charge < -0.3 is 20.1 Å². The summed E-state index contributed by atoms with van der Waals surface area (Å²) in [5.74, 6) is 0.601. The van der Waals surface area contributed by atoms with Gasteiger partial charge in [0.05, 0.1) is 18.8 Å². The molecule has 0 saturated carbocycles. The van der Waals surface area contributed by atoms with Crippen LogP contribution >= 0.6 is 0 Å². The van der Waals surface area contributed by atoms with Crippen LogP contribution in [0.3, 0.4) is 0 Å². The molecule has 0 fully saturated rings. The fourth-order valence-corrected chi connectivity index (χ4v) is 2.39. The fraction of sp³-hybridized carbons (Fsp3) is 0.562. The van der Waals surface area contributed by atoms with E-state index in [2.05, 4.69) is 6.92 Å². The van der Waals surface area contributed by atoms with Crippen molar-refractivity contribution in [3.8, 4) is 5.75 Å². The number of anilines is 1. The number of unbranched alkanes of at least 4 members (excludes halogenated alkanes) is 1. The molecule has 1 aliphatic heterocycles. The van der Waals surface area contributed by atoms with Crippen molar-refractivity contribution in [1.82, 2.24) is 0 Å². The molecule has 116 valence electrons. The lowest BCUT2D eigenvalue weighted by molar-refractivity contribution is -0.142. The molecule has 1 heterocycles. The number of esters is 1. The highest BCUT2D eigenvalue weighted by atomic mass is 16.5. The van der Waals surface area contributed by atoms with E-state index >= 15 is 0 Å². The van der Waals surface area contributed by atoms with Gasteiger partial charge in [-0.2, -0.15) is 0 Å². The molecular weight excluding hydrogens is 268 g/mol. The molecule has 1 aliphatic rings. The number of hydrogen-bond donors (Lipinski definition) is 1. The highest BCUT2D eigenvalue weighted by Crippen LogP contribution is 2.34. The third-order valence-corrected chi connectivity index (χ3v) is 3.49. The summed E-state index contributed by atoms with van der Waals surface area (Å²) in [4.78, 5) is 13.9. The van der Waals surface area contributed by atoms with Crippen LogP contribution in [0.1, 0.15) is 32.3 Å². The predicted octanol–water partition coefficient (Wildman–Crippen LogP) is 2.08. The summed E-state index contributed by atoms with van der Waals surface area (Å²) in [6.07, 6.45) is 1.96.